The number of hydrogen-bond acceptors (Lipinski definition) is 4. The van der Waals surface area contributed by atoms with Gasteiger partial charge < -0.3 is 14.7 Å². The highest BCUT2D eigenvalue weighted by atomic mass is 16.5. The molecule has 0 spiro atoms. The van der Waals surface area contributed by atoms with E-state index in [2.05, 4.69) is 68.4 Å². The molecule has 1 saturated heterocycles. The minimum absolute atomic E-state index is 0.201. The molecule has 2 rings (SSSR count). The number of unbranched alkanes of at least 4 members (excludes halogenated alkanes) is 1. The summed E-state index contributed by atoms with van der Waals surface area (Å²) in [4.78, 5) is 0. The highest BCUT2D eigenvalue weighted by Gasteiger charge is 2.45. The lowest BCUT2D eigenvalue weighted by molar-refractivity contribution is -0.261. The van der Waals surface area contributed by atoms with Crippen LogP contribution in [0.4, 0.5) is 0 Å². The van der Waals surface area contributed by atoms with Gasteiger partial charge in [0.25, 0.3) is 0 Å². The minimum atomic E-state index is -0.249. The molecule has 0 aromatic carbocycles. The number of hydrogen-bond donors (Lipinski definition) is 1. The molecule has 0 amide bonds. The molecule has 4 heteroatoms. The lowest BCUT2D eigenvalue weighted by atomic mass is 9.80. The van der Waals surface area contributed by atoms with Crippen molar-refractivity contribution in [1.82, 2.24) is 5.06 Å². The van der Waals surface area contributed by atoms with Crippen LogP contribution in [0, 0.1) is 10.8 Å². The van der Waals surface area contributed by atoms with Crippen molar-refractivity contribution in [2.24, 2.45) is 10.8 Å². The first-order valence-corrected chi connectivity index (χ1v) is 11.6. The molecule has 0 aromatic heterocycles. The fourth-order valence-corrected chi connectivity index (χ4v) is 5.35. The first-order valence-electron chi connectivity index (χ1n) is 11.6. The van der Waals surface area contributed by atoms with Crippen molar-refractivity contribution in [3.63, 3.8) is 0 Å². The van der Waals surface area contributed by atoms with Gasteiger partial charge in [-0.3, -0.25) is 0 Å². The van der Waals surface area contributed by atoms with E-state index in [9.17, 15) is 5.21 Å². The van der Waals surface area contributed by atoms with Crippen molar-refractivity contribution in [1.29, 1.82) is 0 Å². The first kappa shape index (κ1) is 24.8. The standard InChI is InChI=1S/C25H47NO3/c1-19-14-22(2,3)15-20(16-23(19,4)5)28-12-10-11-13-29-21-17-24(6,7)26(27)25(8,9)18-21/h14,20-21,27H,10-13,15-18H2,1-9H3. The Kier molecular flexibility index (Phi) is 7.69. The molecule has 1 fully saturated rings. The van der Waals surface area contributed by atoms with E-state index in [0.29, 0.717) is 6.10 Å². The van der Waals surface area contributed by atoms with E-state index < -0.39 is 0 Å². The third-order valence-corrected chi connectivity index (χ3v) is 7.01. The van der Waals surface area contributed by atoms with Crippen LogP contribution >= 0.6 is 0 Å². The van der Waals surface area contributed by atoms with Gasteiger partial charge in [0, 0.05) is 24.3 Å². The molecule has 0 saturated carbocycles. The number of hydroxylamine groups is 2. The summed E-state index contributed by atoms with van der Waals surface area (Å²) in [7, 11) is 0. The lowest BCUT2D eigenvalue weighted by Gasteiger charge is -2.51. The van der Waals surface area contributed by atoms with Crippen LogP contribution in [0.25, 0.3) is 0 Å². The predicted octanol–water partition coefficient (Wildman–Crippen LogP) is 6.37. The molecule has 0 bridgehead atoms. The molecule has 4 nitrogen and oxygen atoms in total. The molecule has 2 aliphatic rings. The predicted molar refractivity (Wildman–Crippen MR) is 120 cm³/mol. The zero-order chi connectivity index (χ0) is 22.1. The third kappa shape index (κ3) is 6.78. The summed E-state index contributed by atoms with van der Waals surface area (Å²) < 4.78 is 12.5. The van der Waals surface area contributed by atoms with Gasteiger partial charge >= 0.3 is 0 Å². The molecular formula is C25H47NO3. The molecule has 1 atom stereocenters. The van der Waals surface area contributed by atoms with Gasteiger partial charge in [0.05, 0.1) is 12.2 Å². The summed E-state index contributed by atoms with van der Waals surface area (Å²) in [6.07, 6.45) is 8.96. The van der Waals surface area contributed by atoms with Gasteiger partial charge in [-0.1, -0.05) is 39.3 Å². The fourth-order valence-electron chi connectivity index (χ4n) is 5.35. The highest BCUT2D eigenvalue weighted by molar-refractivity contribution is 5.16. The molecular weight excluding hydrogens is 362 g/mol. The van der Waals surface area contributed by atoms with Crippen molar-refractivity contribution in [2.45, 2.75) is 124 Å². The normalized spacial score (nSPS) is 29.3. The zero-order valence-electron chi connectivity index (χ0n) is 20.6. The molecule has 1 heterocycles. The number of nitrogens with zero attached hydrogens (tertiary/aromatic N) is 1. The largest absolute Gasteiger partial charge is 0.378 e. The maximum absolute atomic E-state index is 10.4. The van der Waals surface area contributed by atoms with Gasteiger partial charge in [0.2, 0.25) is 0 Å². The SMILES string of the molecule is CC1=CC(C)(C)CC(OCCCCOC2CC(C)(C)N(O)C(C)(C)C2)CC1(C)C. The van der Waals surface area contributed by atoms with Crippen LogP contribution in [0.5, 0.6) is 0 Å². The van der Waals surface area contributed by atoms with E-state index in [0.717, 1.165) is 51.7 Å². The van der Waals surface area contributed by atoms with E-state index >= 15 is 0 Å². The van der Waals surface area contributed by atoms with E-state index in [-0.39, 0.29) is 28.0 Å². The summed E-state index contributed by atoms with van der Waals surface area (Å²) in [6.45, 7) is 21.5. The minimum Gasteiger partial charge on any atom is -0.378 e. The van der Waals surface area contributed by atoms with Gasteiger partial charge in [-0.15, -0.1) is 0 Å². The Morgan fingerprint density at radius 1 is 0.828 bits per heavy atom. The molecule has 29 heavy (non-hydrogen) atoms. The van der Waals surface area contributed by atoms with Crippen molar-refractivity contribution in [3.05, 3.63) is 11.6 Å². The van der Waals surface area contributed by atoms with Crippen molar-refractivity contribution >= 4 is 0 Å². The summed E-state index contributed by atoms with van der Waals surface area (Å²) in [5.74, 6) is 0. The van der Waals surface area contributed by atoms with Gasteiger partial charge in [-0.2, -0.15) is 5.06 Å². The van der Waals surface area contributed by atoms with Crippen LogP contribution < -0.4 is 0 Å². The average molecular weight is 410 g/mol. The molecule has 1 N–H and O–H groups in total. The molecule has 170 valence electrons. The quantitative estimate of drug-likeness (QED) is 0.392. The Bertz CT molecular complexity index is 559. The van der Waals surface area contributed by atoms with Gasteiger partial charge in [-0.25, -0.2) is 0 Å². The molecule has 0 radical (unpaired) electrons. The van der Waals surface area contributed by atoms with E-state index in [1.165, 1.54) is 10.6 Å². The smallest absolute Gasteiger partial charge is 0.0611 e. The van der Waals surface area contributed by atoms with Gasteiger partial charge in [-0.05, 0) is 84.0 Å². The van der Waals surface area contributed by atoms with Crippen LogP contribution in [0.2, 0.25) is 0 Å². The second-order valence-corrected chi connectivity index (χ2v) is 12.1. The van der Waals surface area contributed by atoms with Crippen molar-refractivity contribution in [3.8, 4) is 0 Å². The van der Waals surface area contributed by atoms with Crippen LogP contribution in [-0.4, -0.2) is 46.8 Å². The Morgan fingerprint density at radius 3 is 1.76 bits per heavy atom. The number of piperidine rings is 1. The van der Waals surface area contributed by atoms with Crippen molar-refractivity contribution < 1.29 is 14.7 Å². The molecule has 1 unspecified atom stereocenters. The maximum Gasteiger partial charge on any atom is 0.0611 e. The monoisotopic (exact) mass is 409 g/mol. The van der Waals surface area contributed by atoms with Crippen LogP contribution in [0.3, 0.4) is 0 Å². The second kappa shape index (κ2) is 8.98. The molecule has 0 aromatic rings. The van der Waals surface area contributed by atoms with E-state index in [4.69, 9.17) is 9.47 Å². The van der Waals surface area contributed by atoms with Gasteiger partial charge in [0.1, 0.15) is 0 Å². The Labute approximate surface area is 180 Å². The third-order valence-electron chi connectivity index (χ3n) is 7.01. The van der Waals surface area contributed by atoms with E-state index in [1.807, 2.05) is 0 Å². The number of rotatable bonds is 7. The zero-order valence-corrected chi connectivity index (χ0v) is 20.6. The summed E-state index contributed by atoms with van der Waals surface area (Å²) >= 11 is 0. The van der Waals surface area contributed by atoms with Crippen molar-refractivity contribution in [2.75, 3.05) is 13.2 Å². The maximum atomic E-state index is 10.4. The van der Waals surface area contributed by atoms with E-state index in [1.54, 1.807) is 0 Å². The second-order valence-electron chi connectivity index (χ2n) is 12.1. The summed E-state index contributed by atoms with van der Waals surface area (Å²) in [5, 5.41) is 11.9. The van der Waals surface area contributed by atoms with Crippen LogP contribution in [0.1, 0.15) is 101 Å². The average Bonchev–Trinajstić information content (AvgIpc) is 2.61. The number of allylic oxidation sites excluding steroid dienone is 2. The Morgan fingerprint density at radius 2 is 1.28 bits per heavy atom. The number of ether oxygens (including phenoxy) is 2. The van der Waals surface area contributed by atoms with Crippen LogP contribution in [-0.2, 0) is 9.47 Å². The molecule has 1 aliphatic heterocycles. The molecule has 1 aliphatic carbocycles. The highest BCUT2D eigenvalue weighted by Crippen LogP contribution is 2.42. The lowest BCUT2D eigenvalue weighted by Crippen LogP contribution is -2.60. The Hall–Kier alpha value is -0.420. The van der Waals surface area contributed by atoms with Crippen LogP contribution in [0.15, 0.2) is 11.6 Å². The topological polar surface area (TPSA) is 41.9 Å². The Balaban J connectivity index is 1.71. The fraction of sp³-hybridized carbons (Fsp3) is 0.920. The van der Waals surface area contributed by atoms with Gasteiger partial charge in [0.15, 0.2) is 0 Å². The first-order chi connectivity index (χ1) is 13.1. The summed E-state index contributed by atoms with van der Waals surface area (Å²) in [6, 6.07) is 0. The summed E-state index contributed by atoms with van der Waals surface area (Å²) in [5.41, 5.74) is 1.40.